The normalized spacial score (nSPS) is 21.8. The van der Waals surface area contributed by atoms with Crippen LogP contribution in [0.5, 0.6) is 0 Å². The molecule has 0 aromatic rings. The summed E-state index contributed by atoms with van der Waals surface area (Å²) in [5, 5.41) is 4.52. The molecule has 0 radical (unpaired) electrons. The van der Waals surface area contributed by atoms with E-state index in [2.05, 4.69) is 31.0 Å². The average molecular weight is 285 g/mol. The lowest BCUT2D eigenvalue weighted by molar-refractivity contribution is 0.326. The molecular formula is C16H32N2S. The fraction of sp³-hybridized carbons (Fsp3) is 0.938. The van der Waals surface area contributed by atoms with Crippen molar-refractivity contribution in [2.24, 2.45) is 5.92 Å². The van der Waals surface area contributed by atoms with Gasteiger partial charge >= 0.3 is 0 Å². The first-order valence-corrected chi connectivity index (χ1v) is 8.64. The highest BCUT2D eigenvalue weighted by atomic mass is 32.1. The minimum absolute atomic E-state index is 0.609. The molecule has 0 aliphatic carbocycles. The smallest absolute Gasteiger partial charge is 0.169 e. The first-order valence-electron chi connectivity index (χ1n) is 8.23. The molecule has 19 heavy (non-hydrogen) atoms. The first-order chi connectivity index (χ1) is 9.19. The Morgan fingerprint density at radius 1 is 1.32 bits per heavy atom. The molecule has 1 fully saturated rings. The number of hydrogen-bond donors (Lipinski definition) is 1. The lowest BCUT2D eigenvalue weighted by atomic mass is 9.99. The standard InChI is InChI=1S/C16H32N2S/c1-4-6-11-15(5-2)13-17-16(19)18-12-9-7-8-10-14(18)3/h14-15H,4-13H2,1-3H3,(H,17,19). The highest BCUT2D eigenvalue weighted by Gasteiger charge is 2.19. The SMILES string of the molecule is CCCCC(CC)CNC(=S)N1CCCCCC1C. The molecule has 0 saturated carbocycles. The van der Waals surface area contributed by atoms with Crippen LogP contribution in [0.2, 0.25) is 0 Å². The zero-order valence-electron chi connectivity index (χ0n) is 13.1. The third-order valence-corrected chi connectivity index (χ3v) is 4.78. The lowest BCUT2D eigenvalue weighted by Gasteiger charge is -2.31. The van der Waals surface area contributed by atoms with E-state index in [1.165, 1.54) is 51.4 Å². The van der Waals surface area contributed by atoms with Gasteiger partial charge in [0.1, 0.15) is 0 Å². The zero-order valence-corrected chi connectivity index (χ0v) is 13.9. The molecular weight excluding hydrogens is 252 g/mol. The number of unbranched alkanes of at least 4 members (excludes halogenated alkanes) is 1. The summed E-state index contributed by atoms with van der Waals surface area (Å²) in [6.07, 6.45) is 10.5. The number of rotatable bonds is 6. The number of nitrogens with zero attached hydrogens (tertiary/aromatic N) is 1. The summed E-state index contributed by atoms with van der Waals surface area (Å²) in [5.41, 5.74) is 0. The van der Waals surface area contributed by atoms with Gasteiger partial charge in [0.15, 0.2) is 5.11 Å². The van der Waals surface area contributed by atoms with E-state index in [1.807, 2.05) is 0 Å². The quantitative estimate of drug-likeness (QED) is 0.730. The second-order valence-corrected chi connectivity index (χ2v) is 6.38. The Balaban J connectivity index is 2.35. The lowest BCUT2D eigenvalue weighted by Crippen LogP contribution is -2.45. The van der Waals surface area contributed by atoms with Gasteiger partial charge in [0.2, 0.25) is 0 Å². The Kier molecular flexibility index (Phi) is 8.43. The number of likely N-dealkylation sites (tertiary alicyclic amines) is 1. The van der Waals surface area contributed by atoms with Gasteiger partial charge in [-0.15, -0.1) is 0 Å². The summed E-state index contributed by atoms with van der Waals surface area (Å²) in [7, 11) is 0. The van der Waals surface area contributed by atoms with E-state index >= 15 is 0 Å². The van der Waals surface area contributed by atoms with E-state index in [1.54, 1.807) is 0 Å². The van der Waals surface area contributed by atoms with E-state index in [-0.39, 0.29) is 0 Å². The van der Waals surface area contributed by atoms with Gasteiger partial charge in [-0.1, -0.05) is 46.0 Å². The third kappa shape index (κ3) is 6.11. The molecule has 0 aromatic carbocycles. The molecule has 2 atom stereocenters. The molecule has 2 unspecified atom stereocenters. The van der Waals surface area contributed by atoms with E-state index in [0.717, 1.165) is 24.1 Å². The maximum Gasteiger partial charge on any atom is 0.169 e. The van der Waals surface area contributed by atoms with Gasteiger partial charge in [-0.2, -0.15) is 0 Å². The van der Waals surface area contributed by atoms with Crippen molar-refractivity contribution in [2.75, 3.05) is 13.1 Å². The van der Waals surface area contributed by atoms with Crippen LogP contribution in [0.15, 0.2) is 0 Å². The minimum atomic E-state index is 0.609. The molecule has 1 N–H and O–H groups in total. The van der Waals surface area contributed by atoms with Crippen molar-refractivity contribution >= 4 is 17.3 Å². The molecule has 1 aliphatic rings. The molecule has 0 spiro atoms. The van der Waals surface area contributed by atoms with Crippen LogP contribution < -0.4 is 5.32 Å². The van der Waals surface area contributed by atoms with Crippen molar-refractivity contribution in [1.82, 2.24) is 10.2 Å². The van der Waals surface area contributed by atoms with Crippen LogP contribution in [0.1, 0.15) is 72.1 Å². The number of nitrogens with one attached hydrogen (secondary N) is 1. The van der Waals surface area contributed by atoms with Gasteiger partial charge < -0.3 is 10.2 Å². The second kappa shape index (κ2) is 9.57. The van der Waals surface area contributed by atoms with E-state index in [0.29, 0.717) is 6.04 Å². The largest absolute Gasteiger partial charge is 0.362 e. The first kappa shape index (κ1) is 16.7. The summed E-state index contributed by atoms with van der Waals surface area (Å²) in [5.74, 6) is 0.778. The summed E-state index contributed by atoms with van der Waals surface area (Å²) in [6.45, 7) is 9.06. The Bertz CT molecular complexity index is 255. The number of hydrogen-bond acceptors (Lipinski definition) is 1. The van der Waals surface area contributed by atoms with Gasteiger partial charge in [-0.3, -0.25) is 0 Å². The molecule has 0 amide bonds. The van der Waals surface area contributed by atoms with Crippen molar-refractivity contribution in [3.05, 3.63) is 0 Å². The molecule has 1 heterocycles. The Labute approximate surface area is 125 Å². The van der Waals surface area contributed by atoms with E-state index < -0.39 is 0 Å². The van der Waals surface area contributed by atoms with Crippen LogP contribution >= 0.6 is 12.2 Å². The number of thiocarbonyl (C=S) groups is 1. The Morgan fingerprint density at radius 3 is 2.79 bits per heavy atom. The molecule has 0 bridgehead atoms. The van der Waals surface area contributed by atoms with Crippen LogP contribution in [-0.4, -0.2) is 29.1 Å². The van der Waals surface area contributed by atoms with Crippen LogP contribution in [0.4, 0.5) is 0 Å². The Hall–Kier alpha value is -0.310. The fourth-order valence-corrected chi connectivity index (χ4v) is 3.21. The molecule has 1 aliphatic heterocycles. The van der Waals surface area contributed by atoms with Crippen LogP contribution in [0.25, 0.3) is 0 Å². The predicted molar refractivity (Wildman–Crippen MR) is 88.5 cm³/mol. The van der Waals surface area contributed by atoms with Crippen molar-refractivity contribution in [1.29, 1.82) is 0 Å². The fourth-order valence-electron chi connectivity index (χ4n) is 2.85. The van der Waals surface area contributed by atoms with Crippen molar-refractivity contribution in [2.45, 2.75) is 78.2 Å². The van der Waals surface area contributed by atoms with Gasteiger partial charge in [-0.05, 0) is 44.3 Å². The maximum absolute atomic E-state index is 5.60. The van der Waals surface area contributed by atoms with Crippen molar-refractivity contribution < 1.29 is 0 Å². The summed E-state index contributed by atoms with van der Waals surface area (Å²) in [4.78, 5) is 2.41. The summed E-state index contributed by atoms with van der Waals surface area (Å²) < 4.78 is 0. The van der Waals surface area contributed by atoms with Gasteiger partial charge in [0, 0.05) is 19.1 Å². The molecule has 1 saturated heterocycles. The van der Waals surface area contributed by atoms with Crippen LogP contribution in [-0.2, 0) is 0 Å². The maximum atomic E-state index is 5.60. The molecule has 2 nitrogen and oxygen atoms in total. The average Bonchev–Trinajstić information content (AvgIpc) is 2.63. The molecule has 1 rings (SSSR count). The highest BCUT2D eigenvalue weighted by molar-refractivity contribution is 7.80. The molecule has 3 heteroatoms. The highest BCUT2D eigenvalue weighted by Crippen LogP contribution is 2.17. The van der Waals surface area contributed by atoms with Gasteiger partial charge in [0.25, 0.3) is 0 Å². The monoisotopic (exact) mass is 284 g/mol. The van der Waals surface area contributed by atoms with Crippen molar-refractivity contribution in [3.8, 4) is 0 Å². The summed E-state index contributed by atoms with van der Waals surface area (Å²) in [6, 6.07) is 0.609. The van der Waals surface area contributed by atoms with E-state index in [4.69, 9.17) is 12.2 Å². The molecule has 112 valence electrons. The molecule has 0 aromatic heterocycles. The van der Waals surface area contributed by atoms with Crippen LogP contribution in [0.3, 0.4) is 0 Å². The second-order valence-electron chi connectivity index (χ2n) is 5.99. The topological polar surface area (TPSA) is 15.3 Å². The zero-order chi connectivity index (χ0) is 14.1. The van der Waals surface area contributed by atoms with Crippen molar-refractivity contribution in [3.63, 3.8) is 0 Å². The van der Waals surface area contributed by atoms with E-state index in [9.17, 15) is 0 Å². The minimum Gasteiger partial charge on any atom is -0.362 e. The summed E-state index contributed by atoms with van der Waals surface area (Å²) >= 11 is 5.60. The predicted octanol–water partition coefficient (Wildman–Crippen LogP) is 4.34. The van der Waals surface area contributed by atoms with Gasteiger partial charge in [0.05, 0.1) is 0 Å². The Morgan fingerprint density at radius 2 is 2.11 bits per heavy atom. The van der Waals surface area contributed by atoms with Crippen LogP contribution in [0, 0.1) is 5.92 Å². The third-order valence-electron chi connectivity index (χ3n) is 4.40. The van der Waals surface area contributed by atoms with Gasteiger partial charge in [-0.25, -0.2) is 0 Å².